The number of rotatable bonds is 8. The van der Waals surface area contributed by atoms with E-state index >= 15 is 0 Å². The number of carbonyl (C=O) groups excluding carboxylic acids is 2. The lowest BCUT2D eigenvalue weighted by Gasteiger charge is -2.27. The number of benzene rings is 1. The average molecular weight is 320 g/mol. The van der Waals surface area contributed by atoms with Gasteiger partial charge >= 0.3 is 6.03 Å². The predicted molar refractivity (Wildman–Crippen MR) is 92.0 cm³/mol. The van der Waals surface area contributed by atoms with E-state index in [-0.39, 0.29) is 17.9 Å². The first kappa shape index (κ1) is 19.0. The molecule has 1 atom stereocenters. The molecule has 0 aliphatic heterocycles. The fraction of sp³-hybridized carbons (Fsp3) is 0.529. The average Bonchev–Trinajstić information content (AvgIpc) is 2.55. The van der Waals surface area contributed by atoms with Crippen molar-refractivity contribution in [2.24, 2.45) is 5.92 Å². The second kappa shape index (κ2) is 9.84. The summed E-state index contributed by atoms with van der Waals surface area (Å²) in [5.74, 6) is -0.0628. The summed E-state index contributed by atoms with van der Waals surface area (Å²) in [6, 6.07) is 8.79. The first-order valence-corrected chi connectivity index (χ1v) is 7.93. The van der Waals surface area contributed by atoms with Gasteiger partial charge in [-0.05, 0) is 18.5 Å². The summed E-state index contributed by atoms with van der Waals surface area (Å²) in [4.78, 5) is 26.2. The van der Waals surface area contributed by atoms with Gasteiger partial charge in [-0.3, -0.25) is 4.79 Å². The molecule has 1 unspecified atom stereocenters. The Bertz CT molecular complexity index is 491. The van der Waals surface area contributed by atoms with Gasteiger partial charge in [0.15, 0.2) is 0 Å². The molecule has 0 radical (unpaired) electrons. The van der Waals surface area contributed by atoms with Gasteiger partial charge in [0.2, 0.25) is 5.91 Å². The first-order valence-electron chi connectivity index (χ1n) is 7.93. The molecule has 0 saturated carbocycles. The van der Waals surface area contributed by atoms with E-state index in [0.717, 1.165) is 5.56 Å². The van der Waals surface area contributed by atoms with E-state index in [4.69, 9.17) is 0 Å². The summed E-state index contributed by atoms with van der Waals surface area (Å²) < 4.78 is 0. The molecule has 3 amide bonds. The van der Waals surface area contributed by atoms with E-state index in [1.54, 1.807) is 11.9 Å². The number of hydrogen-bond acceptors (Lipinski definition) is 3. The second-order valence-electron chi connectivity index (χ2n) is 5.90. The standard InChI is InChI=1S/C17H28N4O2/c1-13(2)15(16(22)21(4)11-10-18-3)20-17(23)19-12-14-8-6-5-7-9-14/h5-9,13,15,18H,10-12H2,1-4H3,(H2,19,20,23). The van der Waals surface area contributed by atoms with Crippen molar-refractivity contribution >= 4 is 11.9 Å². The van der Waals surface area contributed by atoms with Gasteiger partial charge in [0, 0.05) is 26.7 Å². The molecule has 0 heterocycles. The van der Waals surface area contributed by atoms with Gasteiger partial charge in [0.05, 0.1) is 0 Å². The molecule has 128 valence electrons. The van der Waals surface area contributed by atoms with Gasteiger partial charge in [-0.15, -0.1) is 0 Å². The molecule has 1 aromatic rings. The summed E-state index contributed by atoms with van der Waals surface area (Å²) in [6.07, 6.45) is 0. The van der Waals surface area contributed by atoms with E-state index in [0.29, 0.717) is 19.6 Å². The molecular weight excluding hydrogens is 292 g/mol. The van der Waals surface area contributed by atoms with Gasteiger partial charge in [0.1, 0.15) is 6.04 Å². The highest BCUT2D eigenvalue weighted by molar-refractivity contribution is 5.87. The normalized spacial score (nSPS) is 11.9. The van der Waals surface area contributed by atoms with Crippen LogP contribution < -0.4 is 16.0 Å². The van der Waals surface area contributed by atoms with Gasteiger partial charge in [0.25, 0.3) is 0 Å². The van der Waals surface area contributed by atoms with E-state index in [9.17, 15) is 9.59 Å². The summed E-state index contributed by atoms with van der Waals surface area (Å²) in [7, 11) is 3.59. The maximum Gasteiger partial charge on any atom is 0.315 e. The maximum atomic E-state index is 12.5. The monoisotopic (exact) mass is 320 g/mol. The Morgan fingerprint density at radius 1 is 1.17 bits per heavy atom. The number of amides is 3. The molecule has 6 nitrogen and oxygen atoms in total. The Balaban J connectivity index is 2.54. The Kier molecular flexibility index (Phi) is 8.11. The number of hydrogen-bond donors (Lipinski definition) is 3. The lowest BCUT2D eigenvalue weighted by atomic mass is 10.0. The highest BCUT2D eigenvalue weighted by atomic mass is 16.2. The van der Waals surface area contributed by atoms with Crippen LogP contribution in [0.3, 0.4) is 0 Å². The minimum atomic E-state index is -0.535. The van der Waals surface area contributed by atoms with Crippen LogP contribution in [0.25, 0.3) is 0 Å². The van der Waals surface area contributed by atoms with E-state index in [1.807, 2.05) is 51.2 Å². The van der Waals surface area contributed by atoms with Crippen molar-refractivity contribution in [3.05, 3.63) is 35.9 Å². The molecule has 0 aliphatic carbocycles. The summed E-state index contributed by atoms with van der Waals surface area (Å²) in [5, 5.41) is 8.58. The fourth-order valence-corrected chi connectivity index (χ4v) is 2.11. The van der Waals surface area contributed by atoms with Crippen molar-refractivity contribution in [3.8, 4) is 0 Å². The number of nitrogens with one attached hydrogen (secondary N) is 3. The third-order valence-electron chi connectivity index (χ3n) is 3.59. The molecule has 3 N–H and O–H groups in total. The molecule has 1 rings (SSSR count). The molecule has 1 aromatic carbocycles. The van der Waals surface area contributed by atoms with Crippen LogP contribution in [0.15, 0.2) is 30.3 Å². The van der Waals surface area contributed by atoms with Crippen molar-refractivity contribution in [1.29, 1.82) is 0 Å². The lowest BCUT2D eigenvalue weighted by molar-refractivity contribution is -0.132. The first-order chi connectivity index (χ1) is 11.0. The van der Waals surface area contributed by atoms with Crippen LogP contribution in [0.2, 0.25) is 0 Å². The number of nitrogens with zero attached hydrogens (tertiary/aromatic N) is 1. The van der Waals surface area contributed by atoms with Gasteiger partial charge in [-0.1, -0.05) is 44.2 Å². The van der Waals surface area contributed by atoms with E-state index in [1.165, 1.54) is 0 Å². The minimum Gasteiger partial charge on any atom is -0.343 e. The lowest BCUT2D eigenvalue weighted by Crippen LogP contribution is -2.53. The molecule has 23 heavy (non-hydrogen) atoms. The van der Waals surface area contributed by atoms with Gasteiger partial charge in [-0.25, -0.2) is 4.79 Å². The van der Waals surface area contributed by atoms with Crippen LogP contribution in [-0.2, 0) is 11.3 Å². The zero-order valence-electron chi connectivity index (χ0n) is 14.4. The maximum absolute atomic E-state index is 12.5. The van der Waals surface area contributed by atoms with Crippen molar-refractivity contribution in [2.45, 2.75) is 26.4 Å². The zero-order valence-corrected chi connectivity index (χ0v) is 14.4. The van der Waals surface area contributed by atoms with E-state index in [2.05, 4.69) is 16.0 Å². The predicted octanol–water partition coefficient (Wildman–Crippen LogP) is 1.19. The van der Waals surface area contributed by atoms with Crippen molar-refractivity contribution in [1.82, 2.24) is 20.9 Å². The Hall–Kier alpha value is -2.08. The van der Waals surface area contributed by atoms with Crippen LogP contribution in [0.1, 0.15) is 19.4 Å². The third kappa shape index (κ3) is 6.69. The fourth-order valence-electron chi connectivity index (χ4n) is 2.11. The van der Waals surface area contributed by atoms with Crippen molar-refractivity contribution in [3.63, 3.8) is 0 Å². The summed E-state index contributed by atoms with van der Waals surface area (Å²) in [5.41, 5.74) is 1.02. The number of carbonyl (C=O) groups is 2. The summed E-state index contributed by atoms with van der Waals surface area (Å²) >= 11 is 0. The third-order valence-corrected chi connectivity index (χ3v) is 3.59. The van der Waals surface area contributed by atoms with Crippen LogP contribution in [0.5, 0.6) is 0 Å². The van der Waals surface area contributed by atoms with Crippen LogP contribution in [0.4, 0.5) is 4.79 Å². The minimum absolute atomic E-state index is 0.0158. The smallest absolute Gasteiger partial charge is 0.315 e. The largest absolute Gasteiger partial charge is 0.343 e. The van der Waals surface area contributed by atoms with Crippen LogP contribution in [-0.4, -0.2) is 50.1 Å². The van der Waals surface area contributed by atoms with Crippen LogP contribution >= 0.6 is 0 Å². The SMILES string of the molecule is CNCCN(C)C(=O)C(NC(=O)NCc1ccccc1)C(C)C. The number of likely N-dealkylation sites (N-methyl/N-ethyl adjacent to an activating group) is 2. The zero-order chi connectivity index (χ0) is 17.2. The quantitative estimate of drug-likeness (QED) is 0.673. The molecular formula is C17H28N4O2. The molecule has 0 fully saturated rings. The Labute approximate surface area is 138 Å². The molecule has 0 aliphatic rings. The Morgan fingerprint density at radius 2 is 1.83 bits per heavy atom. The van der Waals surface area contributed by atoms with Gasteiger partial charge in [-0.2, -0.15) is 0 Å². The topological polar surface area (TPSA) is 73.5 Å². The number of urea groups is 1. The molecule has 0 bridgehead atoms. The van der Waals surface area contributed by atoms with Crippen molar-refractivity contribution < 1.29 is 9.59 Å². The van der Waals surface area contributed by atoms with Crippen molar-refractivity contribution in [2.75, 3.05) is 27.2 Å². The molecule has 0 aromatic heterocycles. The highest BCUT2D eigenvalue weighted by Gasteiger charge is 2.26. The molecule has 6 heteroatoms. The molecule has 0 saturated heterocycles. The Morgan fingerprint density at radius 3 is 2.39 bits per heavy atom. The van der Waals surface area contributed by atoms with Gasteiger partial charge < -0.3 is 20.9 Å². The molecule has 0 spiro atoms. The second-order valence-corrected chi connectivity index (χ2v) is 5.90. The summed E-state index contributed by atoms with van der Waals surface area (Å²) in [6.45, 7) is 5.60. The van der Waals surface area contributed by atoms with Crippen LogP contribution in [0, 0.1) is 5.92 Å². The highest BCUT2D eigenvalue weighted by Crippen LogP contribution is 2.05. The van der Waals surface area contributed by atoms with E-state index < -0.39 is 6.04 Å².